The first-order valence-electron chi connectivity index (χ1n) is 20.2. The lowest BCUT2D eigenvalue weighted by Crippen LogP contribution is -2.75. The normalized spacial score (nSPS) is 44.5. The fourth-order valence-corrected chi connectivity index (χ4v) is 13.8. The summed E-state index contributed by atoms with van der Waals surface area (Å²) in [4.78, 5) is 34.8. The number of carbonyl (C=O) groups excluding carboxylic acids is 2. The number of fused-ring (bicyclic) bond motifs is 2. The van der Waals surface area contributed by atoms with Crippen LogP contribution in [0.15, 0.2) is 53.0 Å². The Balaban J connectivity index is 1.21. The quantitative estimate of drug-likeness (QED) is 0.265. The van der Waals surface area contributed by atoms with Crippen molar-refractivity contribution in [2.45, 2.75) is 116 Å². The Morgan fingerprint density at radius 3 is 2.80 bits per heavy atom. The minimum atomic E-state index is -0.924. The zero-order valence-corrected chi connectivity index (χ0v) is 30.3. The molecule has 266 valence electrons. The molecular weight excluding hydrogens is 622 g/mol. The first-order chi connectivity index (χ1) is 24.3. The molecule has 3 saturated heterocycles. The summed E-state index contributed by atoms with van der Waals surface area (Å²) in [5.41, 5.74) is 11.0. The van der Waals surface area contributed by atoms with Gasteiger partial charge in [0.2, 0.25) is 0 Å². The lowest BCUT2D eigenvalue weighted by molar-refractivity contribution is -0.271. The third kappa shape index (κ3) is 3.79. The second kappa shape index (κ2) is 11.1. The first kappa shape index (κ1) is 31.8. The Kier molecular flexibility index (Phi) is 7.03. The molecule has 12 aliphatic rings. The summed E-state index contributed by atoms with van der Waals surface area (Å²) >= 11 is 0. The zero-order valence-electron chi connectivity index (χ0n) is 30.3. The van der Waals surface area contributed by atoms with Gasteiger partial charge in [-0.15, -0.1) is 0 Å². The summed E-state index contributed by atoms with van der Waals surface area (Å²) in [6.45, 7) is 11.1. The number of allylic oxidation sites excluding steroid dienone is 2. The van der Waals surface area contributed by atoms with Gasteiger partial charge in [-0.2, -0.15) is 0 Å². The molecule has 1 unspecified atom stereocenters. The highest BCUT2D eigenvalue weighted by Crippen LogP contribution is 2.84. The number of benzene rings is 1. The van der Waals surface area contributed by atoms with Crippen molar-refractivity contribution in [1.82, 2.24) is 9.80 Å². The maximum absolute atomic E-state index is 14.9. The number of rotatable bonds is 5. The van der Waals surface area contributed by atoms with Crippen LogP contribution in [-0.2, 0) is 26.3 Å². The standard InChI is InChI=1S/C43H55N3O4/c1-4-7-35-41-21-30-15-16-42(41,43(35)33-10-5-8-28(9-6-17-44)37(33)39(47)50-43)36(49-40(41)48)14-11-26(3)45-22-27-20-31(24-45)34-13-12-29-18-25(2)19-32(30)38(29)46(34)23-27/h5,8,10,14,21,25-27,31-32,34-35H,4,6-7,9,11-13,15-20,22-24,44H2,1-3H3/b36-14-/t25-,26+,27+,31-,32-,34+,35-,41-,42+,43+/m0/s1. The van der Waals surface area contributed by atoms with Gasteiger partial charge in [0.25, 0.3) is 0 Å². The summed E-state index contributed by atoms with van der Waals surface area (Å²) in [6.07, 6.45) is 16.7. The smallest absolute Gasteiger partial charge is 0.339 e. The highest BCUT2D eigenvalue weighted by Gasteiger charge is 2.91. The minimum absolute atomic E-state index is 0.116. The van der Waals surface area contributed by atoms with Crippen LogP contribution in [0.1, 0.15) is 113 Å². The number of nitrogens with two attached hydrogens (primary N) is 1. The number of aryl methyl sites for hydroxylation is 1. The molecule has 9 heterocycles. The molecule has 11 atom stereocenters. The van der Waals surface area contributed by atoms with E-state index in [4.69, 9.17) is 15.2 Å². The Hall–Kier alpha value is -2.90. The van der Waals surface area contributed by atoms with E-state index in [1.54, 1.807) is 11.3 Å². The van der Waals surface area contributed by atoms with Crippen LogP contribution in [0.25, 0.3) is 0 Å². The van der Waals surface area contributed by atoms with Gasteiger partial charge in [-0.25, -0.2) is 4.79 Å². The molecule has 7 nitrogen and oxygen atoms in total. The molecule has 0 amide bonds. The van der Waals surface area contributed by atoms with Gasteiger partial charge in [0.05, 0.1) is 11.0 Å². The fourth-order valence-electron chi connectivity index (χ4n) is 13.8. The number of hydrogen-bond donors (Lipinski definition) is 1. The molecule has 9 aliphatic heterocycles. The van der Waals surface area contributed by atoms with Gasteiger partial charge in [-0.3, -0.25) is 9.69 Å². The maximum atomic E-state index is 14.9. The molecular formula is C43H55N3O4. The van der Waals surface area contributed by atoms with Crippen molar-refractivity contribution in [1.29, 1.82) is 0 Å². The Morgan fingerprint density at radius 1 is 1.08 bits per heavy atom. The number of nitrogens with zero attached hydrogens (tertiary/aromatic N) is 2. The maximum Gasteiger partial charge on any atom is 0.339 e. The highest BCUT2D eigenvalue weighted by atomic mass is 16.6. The predicted octanol–water partition coefficient (Wildman–Crippen LogP) is 7.02. The van der Waals surface area contributed by atoms with E-state index in [0.29, 0.717) is 47.9 Å². The van der Waals surface area contributed by atoms with Crippen LogP contribution in [0.3, 0.4) is 0 Å². The van der Waals surface area contributed by atoms with Gasteiger partial charge >= 0.3 is 11.9 Å². The summed E-state index contributed by atoms with van der Waals surface area (Å²) in [7, 11) is 0. The van der Waals surface area contributed by atoms with Crippen LogP contribution in [0.4, 0.5) is 0 Å². The van der Waals surface area contributed by atoms with Crippen LogP contribution in [0, 0.1) is 40.4 Å². The second-order valence-electron chi connectivity index (χ2n) is 17.9. The molecule has 1 aromatic carbocycles. The molecule has 2 N–H and O–H groups in total. The van der Waals surface area contributed by atoms with Gasteiger partial charge in [-0.1, -0.05) is 55.7 Å². The molecule has 7 heteroatoms. The van der Waals surface area contributed by atoms with Crippen LogP contribution < -0.4 is 5.73 Å². The van der Waals surface area contributed by atoms with Crippen molar-refractivity contribution in [3.05, 3.63) is 69.6 Å². The highest BCUT2D eigenvalue weighted by molar-refractivity contribution is 5.99. The predicted molar refractivity (Wildman–Crippen MR) is 192 cm³/mol. The summed E-state index contributed by atoms with van der Waals surface area (Å²) in [6, 6.07) is 7.27. The first-order valence-corrected chi connectivity index (χ1v) is 20.2. The lowest BCUT2D eigenvalue weighted by Gasteiger charge is -2.69. The van der Waals surface area contributed by atoms with E-state index in [9.17, 15) is 9.59 Å². The molecule has 0 radical (unpaired) electrons. The molecule has 13 rings (SSSR count). The number of piperidine rings is 2. The summed E-state index contributed by atoms with van der Waals surface area (Å²) < 4.78 is 13.6. The van der Waals surface area contributed by atoms with E-state index in [-0.39, 0.29) is 17.9 Å². The fraction of sp³-hybridized carbons (Fsp3) is 0.674. The topological polar surface area (TPSA) is 85.1 Å². The number of ether oxygens (including phenoxy) is 2. The average molecular weight is 678 g/mol. The Bertz CT molecular complexity index is 1760. The van der Waals surface area contributed by atoms with Crippen molar-refractivity contribution >= 4 is 11.9 Å². The van der Waals surface area contributed by atoms with Gasteiger partial charge in [-0.05, 0) is 113 Å². The van der Waals surface area contributed by atoms with E-state index < -0.39 is 16.4 Å². The van der Waals surface area contributed by atoms with Crippen molar-refractivity contribution in [2.24, 2.45) is 46.2 Å². The van der Waals surface area contributed by atoms with E-state index in [1.165, 1.54) is 37.8 Å². The monoisotopic (exact) mass is 677 g/mol. The van der Waals surface area contributed by atoms with Gasteiger partial charge in [0.15, 0.2) is 5.60 Å². The Labute approximate surface area is 297 Å². The van der Waals surface area contributed by atoms with Crippen LogP contribution in [-0.4, -0.2) is 60.0 Å². The SMILES string of the molecule is CCC[C@@H]1[C@@]2(OC(=O)c3c(CCCN)cccc32)[C@@]23CCC4=C[C@@]12C(=O)O/C3=C\C[C@@H](C)N1C[C@H]2C[C@@H](C1)[C@H]1CCC3=C([C@H]4C[C@@H](C)C3)N1C2. The molecule has 50 heavy (non-hydrogen) atoms. The average Bonchev–Trinajstić information content (AvgIpc) is 3.55. The number of hydrogen-bond acceptors (Lipinski definition) is 7. The van der Waals surface area contributed by atoms with E-state index in [1.807, 2.05) is 0 Å². The Morgan fingerprint density at radius 2 is 1.96 bits per heavy atom. The zero-order chi connectivity index (χ0) is 34.2. The second-order valence-corrected chi connectivity index (χ2v) is 17.9. The van der Waals surface area contributed by atoms with Crippen molar-refractivity contribution in [2.75, 3.05) is 26.2 Å². The van der Waals surface area contributed by atoms with Crippen LogP contribution in [0.5, 0.6) is 0 Å². The molecule has 4 fully saturated rings. The van der Waals surface area contributed by atoms with Gasteiger partial charge in [0.1, 0.15) is 11.2 Å². The van der Waals surface area contributed by atoms with E-state index in [2.05, 4.69) is 60.9 Å². The molecule has 10 bridgehead atoms. The number of carbonyl (C=O) groups is 2. The van der Waals surface area contributed by atoms with Gasteiger partial charge < -0.3 is 20.1 Å². The van der Waals surface area contributed by atoms with E-state index in [0.717, 1.165) is 81.3 Å². The van der Waals surface area contributed by atoms with Crippen molar-refractivity contribution in [3.8, 4) is 0 Å². The summed E-state index contributed by atoms with van der Waals surface area (Å²) in [5, 5.41) is 0. The van der Waals surface area contributed by atoms with Gasteiger partial charge in [0, 0.05) is 54.8 Å². The third-order valence-corrected chi connectivity index (χ3v) is 15.5. The van der Waals surface area contributed by atoms with Crippen molar-refractivity contribution < 1.29 is 19.1 Å². The lowest BCUT2D eigenvalue weighted by atomic mass is 9.31. The largest absolute Gasteiger partial charge is 0.449 e. The molecule has 0 aromatic heterocycles. The van der Waals surface area contributed by atoms with Crippen molar-refractivity contribution in [3.63, 3.8) is 0 Å². The minimum Gasteiger partial charge on any atom is -0.449 e. The van der Waals surface area contributed by atoms with E-state index >= 15 is 0 Å². The van der Waals surface area contributed by atoms with Crippen LogP contribution >= 0.6 is 0 Å². The summed E-state index contributed by atoms with van der Waals surface area (Å²) in [5.74, 6) is 2.63. The number of esters is 2. The molecule has 3 aliphatic carbocycles. The molecule has 1 aromatic rings. The van der Waals surface area contributed by atoms with Crippen LogP contribution in [0.2, 0.25) is 0 Å². The molecule has 1 saturated carbocycles. The third-order valence-electron chi connectivity index (χ3n) is 15.5. The molecule has 2 spiro atoms.